The number of aromatic nitrogens is 1. The van der Waals surface area contributed by atoms with Gasteiger partial charge in [0.15, 0.2) is 11.4 Å². The molecule has 1 unspecified atom stereocenters. The smallest absolute Gasteiger partial charge is 0.278 e. The minimum absolute atomic E-state index is 0.00364. The molecule has 1 amide bonds. The first-order chi connectivity index (χ1) is 12.9. The predicted octanol–water partition coefficient (Wildman–Crippen LogP) is 2.00. The summed E-state index contributed by atoms with van der Waals surface area (Å²) in [5.74, 6) is -0.270. The third-order valence-electron chi connectivity index (χ3n) is 4.90. The number of aliphatic hydroxyl groups excluding tert-OH is 1. The number of aliphatic hydroxyl groups is 1. The summed E-state index contributed by atoms with van der Waals surface area (Å²) in [5, 5.41) is 12.3. The Labute approximate surface area is 164 Å². The second kappa shape index (κ2) is 6.69. The number of nitrogens with zero attached hydrogens (tertiary/aromatic N) is 3. The molecule has 1 aromatic carbocycles. The lowest BCUT2D eigenvalue weighted by molar-refractivity contribution is 0.0631. The first-order valence-electron chi connectivity index (χ1n) is 8.79. The lowest BCUT2D eigenvalue weighted by atomic mass is 10.2. The summed E-state index contributed by atoms with van der Waals surface area (Å²) >= 11 is 3.30. The Hall–Kier alpha value is -2.32. The first-order valence-corrected chi connectivity index (χ1v) is 9.58. The zero-order valence-corrected chi connectivity index (χ0v) is 16.6. The summed E-state index contributed by atoms with van der Waals surface area (Å²) in [7, 11) is 0. The van der Waals surface area contributed by atoms with E-state index in [9.17, 15) is 14.7 Å². The highest BCUT2D eigenvalue weighted by Crippen LogP contribution is 2.36. The van der Waals surface area contributed by atoms with E-state index in [2.05, 4.69) is 15.9 Å². The van der Waals surface area contributed by atoms with Crippen LogP contribution in [-0.2, 0) is 6.61 Å². The van der Waals surface area contributed by atoms with Crippen molar-refractivity contribution < 1.29 is 14.6 Å². The number of benzene rings is 1. The van der Waals surface area contributed by atoms with Crippen molar-refractivity contribution >= 4 is 21.8 Å². The van der Waals surface area contributed by atoms with Crippen LogP contribution in [0.5, 0.6) is 5.75 Å². The zero-order chi connectivity index (χ0) is 19.3. The molecule has 4 rings (SSSR count). The molecule has 0 radical (unpaired) electrons. The lowest BCUT2D eigenvalue weighted by Gasteiger charge is -2.39. The molecule has 0 spiro atoms. The Morgan fingerprint density at radius 2 is 1.96 bits per heavy atom. The van der Waals surface area contributed by atoms with Crippen LogP contribution in [0, 0.1) is 0 Å². The molecule has 27 heavy (non-hydrogen) atoms. The molecule has 1 aromatic heterocycles. The number of hydrogen-bond acceptors (Lipinski definition) is 5. The van der Waals surface area contributed by atoms with Gasteiger partial charge in [-0.25, -0.2) is 4.68 Å². The van der Waals surface area contributed by atoms with Crippen molar-refractivity contribution in [2.24, 2.45) is 0 Å². The molecule has 1 atom stereocenters. The Bertz CT molecular complexity index is 958. The van der Waals surface area contributed by atoms with Gasteiger partial charge >= 0.3 is 0 Å². The Balaban J connectivity index is 1.85. The SMILES string of the molecule is CC(C)N1CN2CC(O)c3c(Br)c(=O)c(OCc4ccccc4)c(n32)C1=O. The Morgan fingerprint density at radius 1 is 1.26 bits per heavy atom. The van der Waals surface area contributed by atoms with E-state index in [-0.39, 0.29) is 34.5 Å². The molecule has 2 aromatic rings. The average Bonchev–Trinajstić information content (AvgIpc) is 2.98. The van der Waals surface area contributed by atoms with E-state index in [1.54, 1.807) is 9.58 Å². The van der Waals surface area contributed by atoms with Crippen LogP contribution in [0.15, 0.2) is 39.6 Å². The quantitative estimate of drug-likeness (QED) is 0.797. The number of carbonyl (C=O) groups is 1. The van der Waals surface area contributed by atoms with E-state index in [0.717, 1.165) is 5.56 Å². The number of hydrogen-bond donors (Lipinski definition) is 1. The van der Waals surface area contributed by atoms with E-state index in [4.69, 9.17) is 4.74 Å². The maximum atomic E-state index is 13.1. The standard InChI is InChI=1S/C19H20BrN3O4/c1-11(2)22-10-21-8-13(24)15-14(20)17(25)18(16(19(22)26)23(15)21)27-9-12-6-4-3-5-7-12/h3-7,11,13,24H,8-10H2,1-2H3. The van der Waals surface area contributed by atoms with E-state index < -0.39 is 11.5 Å². The van der Waals surface area contributed by atoms with Crippen LogP contribution < -0.4 is 15.2 Å². The fourth-order valence-corrected chi connectivity index (χ4v) is 4.14. The highest BCUT2D eigenvalue weighted by atomic mass is 79.9. The summed E-state index contributed by atoms with van der Waals surface area (Å²) in [5.41, 5.74) is 1.04. The summed E-state index contributed by atoms with van der Waals surface area (Å²) in [6.45, 7) is 4.67. The van der Waals surface area contributed by atoms with Crippen molar-refractivity contribution in [2.45, 2.75) is 32.6 Å². The fourth-order valence-electron chi connectivity index (χ4n) is 3.53. The first kappa shape index (κ1) is 18.1. The van der Waals surface area contributed by atoms with Gasteiger partial charge in [-0.1, -0.05) is 30.3 Å². The average molecular weight is 434 g/mol. The third-order valence-corrected chi connectivity index (χ3v) is 5.66. The van der Waals surface area contributed by atoms with Gasteiger partial charge in [0, 0.05) is 6.04 Å². The molecule has 2 aliphatic rings. The number of amides is 1. The van der Waals surface area contributed by atoms with Gasteiger partial charge in [0.1, 0.15) is 19.4 Å². The van der Waals surface area contributed by atoms with Gasteiger partial charge in [-0.2, -0.15) is 0 Å². The Morgan fingerprint density at radius 3 is 2.63 bits per heavy atom. The second-order valence-corrected chi connectivity index (χ2v) is 7.80. The summed E-state index contributed by atoms with van der Waals surface area (Å²) in [6.07, 6.45) is -0.853. The van der Waals surface area contributed by atoms with E-state index in [1.165, 1.54) is 0 Å². The van der Waals surface area contributed by atoms with Crippen LogP contribution in [0.25, 0.3) is 0 Å². The molecular weight excluding hydrogens is 414 g/mol. The molecule has 2 aliphatic heterocycles. The normalized spacial score (nSPS) is 18.3. The molecule has 0 saturated carbocycles. The van der Waals surface area contributed by atoms with E-state index in [1.807, 2.05) is 49.2 Å². The van der Waals surface area contributed by atoms with Gasteiger partial charge in [0.2, 0.25) is 5.43 Å². The third kappa shape index (κ3) is 2.83. The molecule has 8 heteroatoms. The summed E-state index contributed by atoms with van der Waals surface area (Å²) in [4.78, 5) is 27.8. The Kier molecular flexibility index (Phi) is 4.47. The van der Waals surface area contributed by atoms with Crippen molar-refractivity contribution in [3.63, 3.8) is 0 Å². The molecule has 0 bridgehead atoms. The molecular formula is C19H20BrN3O4. The van der Waals surface area contributed by atoms with E-state index in [0.29, 0.717) is 18.9 Å². The summed E-state index contributed by atoms with van der Waals surface area (Å²) < 4.78 is 7.72. The number of carbonyl (C=O) groups excluding carboxylic acids is 1. The lowest BCUT2D eigenvalue weighted by Crippen LogP contribution is -2.55. The van der Waals surface area contributed by atoms with Gasteiger partial charge in [0.25, 0.3) is 5.91 Å². The second-order valence-electron chi connectivity index (χ2n) is 7.01. The van der Waals surface area contributed by atoms with Crippen molar-refractivity contribution in [1.82, 2.24) is 9.58 Å². The molecule has 0 fully saturated rings. The highest BCUT2D eigenvalue weighted by molar-refractivity contribution is 9.10. The monoisotopic (exact) mass is 433 g/mol. The van der Waals surface area contributed by atoms with Gasteiger partial charge in [-0.05, 0) is 35.3 Å². The minimum atomic E-state index is -0.853. The highest BCUT2D eigenvalue weighted by Gasteiger charge is 2.43. The van der Waals surface area contributed by atoms with Gasteiger partial charge < -0.3 is 14.7 Å². The maximum Gasteiger partial charge on any atom is 0.278 e. The van der Waals surface area contributed by atoms with Crippen LogP contribution in [0.4, 0.5) is 0 Å². The molecule has 0 saturated heterocycles. The zero-order valence-electron chi connectivity index (χ0n) is 15.1. The molecule has 7 nitrogen and oxygen atoms in total. The van der Waals surface area contributed by atoms with Gasteiger partial charge in [-0.15, -0.1) is 0 Å². The van der Waals surface area contributed by atoms with Crippen molar-refractivity contribution in [3.05, 3.63) is 62.0 Å². The van der Waals surface area contributed by atoms with Crippen LogP contribution >= 0.6 is 15.9 Å². The summed E-state index contributed by atoms with van der Waals surface area (Å²) in [6, 6.07) is 9.41. The predicted molar refractivity (Wildman–Crippen MR) is 103 cm³/mol. The molecule has 3 heterocycles. The molecule has 142 valence electrons. The van der Waals surface area contributed by atoms with Crippen molar-refractivity contribution in [1.29, 1.82) is 0 Å². The number of ether oxygens (including phenoxy) is 1. The van der Waals surface area contributed by atoms with E-state index >= 15 is 0 Å². The van der Waals surface area contributed by atoms with Gasteiger partial charge in [0.05, 0.1) is 16.7 Å². The van der Waals surface area contributed by atoms with Crippen LogP contribution in [0.1, 0.15) is 41.7 Å². The van der Waals surface area contributed by atoms with Gasteiger partial charge in [-0.3, -0.25) is 14.6 Å². The molecule has 0 aliphatic carbocycles. The minimum Gasteiger partial charge on any atom is -0.482 e. The largest absolute Gasteiger partial charge is 0.482 e. The number of rotatable bonds is 4. The van der Waals surface area contributed by atoms with Crippen molar-refractivity contribution in [3.8, 4) is 5.75 Å². The van der Waals surface area contributed by atoms with Crippen molar-refractivity contribution in [2.75, 3.05) is 18.2 Å². The maximum absolute atomic E-state index is 13.1. The van der Waals surface area contributed by atoms with Crippen LogP contribution in [0.2, 0.25) is 0 Å². The fraction of sp³-hybridized carbons (Fsp3) is 0.368. The number of pyridine rings is 1. The van der Waals surface area contributed by atoms with Crippen LogP contribution in [0.3, 0.4) is 0 Å². The number of halogens is 1. The molecule has 1 N–H and O–H groups in total. The topological polar surface area (TPSA) is 75.0 Å². The van der Waals surface area contributed by atoms with Crippen LogP contribution in [-0.4, -0.2) is 39.8 Å².